The van der Waals surface area contributed by atoms with Crippen molar-refractivity contribution in [2.24, 2.45) is 5.73 Å². The Morgan fingerprint density at radius 3 is 2.62 bits per heavy atom. The molecule has 1 saturated heterocycles. The highest BCUT2D eigenvalue weighted by atomic mass is 35.5. The molecule has 0 spiro atoms. The van der Waals surface area contributed by atoms with Gasteiger partial charge in [0, 0.05) is 18.7 Å². The molecule has 0 unspecified atom stereocenters. The molecule has 0 saturated carbocycles. The lowest BCUT2D eigenvalue weighted by molar-refractivity contribution is 0.0890. The summed E-state index contributed by atoms with van der Waals surface area (Å²) < 4.78 is 13.5. The van der Waals surface area contributed by atoms with E-state index in [1.54, 1.807) is 0 Å². The van der Waals surface area contributed by atoms with Crippen LogP contribution in [-0.2, 0) is 0 Å². The summed E-state index contributed by atoms with van der Waals surface area (Å²) in [5.74, 6) is -1.03. The zero-order valence-electron chi connectivity index (χ0n) is 11.7. The number of thiocarbonyl (C=S) groups is 1. The van der Waals surface area contributed by atoms with Crippen LogP contribution in [0.5, 0.6) is 0 Å². The molecule has 1 aromatic rings. The minimum absolute atomic E-state index is 0.0186. The van der Waals surface area contributed by atoms with Crippen LogP contribution in [0.1, 0.15) is 23.2 Å². The van der Waals surface area contributed by atoms with Crippen molar-refractivity contribution in [1.82, 2.24) is 10.2 Å². The van der Waals surface area contributed by atoms with Crippen molar-refractivity contribution < 1.29 is 9.18 Å². The highest BCUT2D eigenvalue weighted by Crippen LogP contribution is 2.23. The molecule has 1 aromatic carbocycles. The number of carbonyl (C=O) groups is 1. The van der Waals surface area contributed by atoms with Gasteiger partial charge in [-0.25, -0.2) is 4.39 Å². The van der Waals surface area contributed by atoms with Gasteiger partial charge in [-0.3, -0.25) is 4.79 Å². The first-order valence-corrected chi connectivity index (χ1v) is 7.39. The van der Waals surface area contributed by atoms with Crippen LogP contribution in [0.4, 0.5) is 4.39 Å². The van der Waals surface area contributed by atoms with Gasteiger partial charge in [0.25, 0.3) is 5.91 Å². The van der Waals surface area contributed by atoms with E-state index < -0.39 is 17.3 Å². The highest BCUT2D eigenvalue weighted by molar-refractivity contribution is 7.80. The first-order valence-electron chi connectivity index (χ1n) is 6.60. The second kappa shape index (κ2) is 6.25. The van der Waals surface area contributed by atoms with Gasteiger partial charge >= 0.3 is 0 Å². The molecule has 1 heterocycles. The number of hydrogen-bond acceptors (Lipinski definition) is 3. The number of nitrogens with one attached hydrogen (secondary N) is 1. The van der Waals surface area contributed by atoms with Crippen molar-refractivity contribution in [2.45, 2.75) is 18.4 Å². The van der Waals surface area contributed by atoms with Gasteiger partial charge in [0.05, 0.1) is 15.6 Å². The van der Waals surface area contributed by atoms with Crippen molar-refractivity contribution in [3.05, 3.63) is 34.6 Å². The fourth-order valence-corrected chi connectivity index (χ4v) is 2.73. The summed E-state index contributed by atoms with van der Waals surface area (Å²) in [6.45, 7) is 1.57. The second-order valence-electron chi connectivity index (χ2n) is 5.33. The Morgan fingerprint density at radius 1 is 1.48 bits per heavy atom. The maximum Gasteiger partial charge on any atom is 0.252 e. The maximum absolute atomic E-state index is 13.5. The Morgan fingerprint density at radius 2 is 2.10 bits per heavy atom. The van der Waals surface area contributed by atoms with Gasteiger partial charge in [0.1, 0.15) is 5.82 Å². The van der Waals surface area contributed by atoms with Gasteiger partial charge in [-0.05, 0) is 38.1 Å². The average Bonchev–Trinajstić information content (AvgIpc) is 2.44. The van der Waals surface area contributed by atoms with Gasteiger partial charge in [-0.2, -0.15) is 0 Å². The molecular formula is C14H17ClFN3OS. The summed E-state index contributed by atoms with van der Waals surface area (Å²) in [7, 11) is 2.00. The smallest absolute Gasteiger partial charge is 0.252 e. The van der Waals surface area contributed by atoms with Crippen LogP contribution in [-0.4, -0.2) is 41.5 Å². The Kier molecular flexibility index (Phi) is 4.81. The summed E-state index contributed by atoms with van der Waals surface area (Å²) in [6, 6.07) is 3.94. The van der Waals surface area contributed by atoms with Crippen molar-refractivity contribution in [3.8, 4) is 0 Å². The fourth-order valence-electron chi connectivity index (χ4n) is 2.36. The van der Waals surface area contributed by atoms with Crippen LogP contribution in [0.3, 0.4) is 0 Å². The Labute approximate surface area is 133 Å². The van der Waals surface area contributed by atoms with Crippen molar-refractivity contribution >= 4 is 34.7 Å². The summed E-state index contributed by atoms with van der Waals surface area (Å²) >= 11 is 10.7. The van der Waals surface area contributed by atoms with Crippen LogP contribution in [0.2, 0.25) is 5.02 Å². The summed E-state index contributed by atoms with van der Waals surface area (Å²) in [5, 5.41) is 2.86. The fraction of sp³-hybridized carbons (Fsp3) is 0.429. The number of piperidine rings is 1. The van der Waals surface area contributed by atoms with E-state index >= 15 is 0 Å². The van der Waals surface area contributed by atoms with Gasteiger partial charge in [-0.15, -0.1) is 0 Å². The van der Waals surface area contributed by atoms with Crippen molar-refractivity contribution in [2.75, 3.05) is 20.1 Å². The number of halogens is 2. The minimum atomic E-state index is -0.713. The molecule has 4 nitrogen and oxygen atoms in total. The Bertz CT molecular complexity index is 573. The predicted molar refractivity (Wildman–Crippen MR) is 85.1 cm³/mol. The average molecular weight is 330 g/mol. The number of nitrogens with two attached hydrogens (primary N) is 1. The molecule has 21 heavy (non-hydrogen) atoms. The van der Waals surface area contributed by atoms with Crippen molar-refractivity contribution in [1.29, 1.82) is 0 Å². The number of carbonyl (C=O) groups excluding carboxylic acids is 1. The highest BCUT2D eigenvalue weighted by Gasteiger charge is 2.38. The molecule has 1 fully saturated rings. The normalized spacial score (nSPS) is 18.2. The molecule has 0 bridgehead atoms. The Hall–Kier alpha value is -1.24. The zero-order chi connectivity index (χ0) is 15.6. The zero-order valence-corrected chi connectivity index (χ0v) is 13.2. The molecule has 0 atom stereocenters. The van der Waals surface area contributed by atoms with Gasteiger partial charge in [0.15, 0.2) is 0 Å². The van der Waals surface area contributed by atoms with E-state index in [0.717, 1.165) is 19.2 Å². The number of likely N-dealkylation sites (tertiary alicyclic amines) is 1. The standard InChI is InChI=1S/C14H17ClFN3OS/c1-19-6-4-14(5-7-19,13(17)21)18-12(20)9-2-3-10(15)11(16)8-9/h2-3,8H,4-7H2,1H3,(H2,17,21)(H,18,20). The maximum atomic E-state index is 13.5. The van der Waals surface area contributed by atoms with Gasteiger partial charge in [-0.1, -0.05) is 23.8 Å². The quantitative estimate of drug-likeness (QED) is 0.832. The van der Waals surface area contributed by atoms with E-state index in [1.165, 1.54) is 12.1 Å². The van der Waals surface area contributed by atoms with E-state index in [4.69, 9.17) is 29.6 Å². The van der Waals surface area contributed by atoms with E-state index in [1.807, 2.05) is 7.05 Å². The molecule has 2 rings (SSSR count). The number of rotatable bonds is 3. The van der Waals surface area contributed by atoms with E-state index in [0.29, 0.717) is 12.8 Å². The molecule has 114 valence electrons. The second-order valence-corrected chi connectivity index (χ2v) is 6.18. The number of benzene rings is 1. The lowest BCUT2D eigenvalue weighted by Crippen LogP contribution is -2.61. The van der Waals surface area contributed by atoms with Crippen LogP contribution in [0.15, 0.2) is 18.2 Å². The molecule has 7 heteroatoms. The largest absolute Gasteiger partial charge is 0.391 e. The molecular weight excluding hydrogens is 313 g/mol. The van der Waals surface area contributed by atoms with E-state index in [-0.39, 0.29) is 15.6 Å². The number of amides is 1. The first-order chi connectivity index (χ1) is 9.84. The molecule has 1 amide bonds. The molecule has 1 aliphatic rings. The summed E-state index contributed by atoms with van der Waals surface area (Å²) in [6.07, 6.45) is 1.28. The number of nitrogens with zero attached hydrogens (tertiary/aromatic N) is 1. The van der Waals surface area contributed by atoms with Gasteiger partial charge in [0.2, 0.25) is 0 Å². The van der Waals surface area contributed by atoms with E-state index in [9.17, 15) is 9.18 Å². The number of hydrogen-bond donors (Lipinski definition) is 2. The van der Waals surface area contributed by atoms with Crippen LogP contribution in [0, 0.1) is 5.82 Å². The molecule has 3 N–H and O–H groups in total. The summed E-state index contributed by atoms with van der Waals surface area (Å²) in [4.78, 5) is 14.7. The molecule has 1 aliphatic heterocycles. The lowest BCUT2D eigenvalue weighted by Gasteiger charge is -2.40. The minimum Gasteiger partial charge on any atom is -0.391 e. The monoisotopic (exact) mass is 329 g/mol. The van der Waals surface area contributed by atoms with E-state index in [2.05, 4.69) is 10.2 Å². The van der Waals surface area contributed by atoms with Gasteiger partial charge < -0.3 is 16.0 Å². The molecule has 0 aromatic heterocycles. The van der Waals surface area contributed by atoms with Crippen molar-refractivity contribution in [3.63, 3.8) is 0 Å². The third-order valence-corrected chi connectivity index (χ3v) is 4.54. The van der Waals surface area contributed by atoms with Crippen LogP contribution >= 0.6 is 23.8 Å². The lowest BCUT2D eigenvalue weighted by atomic mass is 9.87. The molecule has 0 radical (unpaired) electrons. The van der Waals surface area contributed by atoms with Crippen LogP contribution < -0.4 is 11.1 Å². The third kappa shape index (κ3) is 3.51. The third-order valence-electron chi connectivity index (χ3n) is 3.85. The Balaban J connectivity index is 2.19. The first kappa shape index (κ1) is 16.1. The predicted octanol–water partition coefficient (Wildman–Crippen LogP) is 1.96. The summed E-state index contributed by atoms with van der Waals surface area (Å²) in [5.41, 5.74) is 5.32. The molecule has 0 aliphatic carbocycles. The topological polar surface area (TPSA) is 58.4 Å². The SMILES string of the molecule is CN1CCC(NC(=O)c2ccc(Cl)c(F)c2)(C(N)=S)CC1. The van der Waals surface area contributed by atoms with Crippen LogP contribution in [0.25, 0.3) is 0 Å².